The number of allylic oxidation sites excluding steroid dienone is 6. The molecule has 7 aromatic rings. The number of hydrogen-bond donors (Lipinski definition) is 0. The van der Waals surface area contributed by atoms with Gasteiger partial charge in [-0.3, -0.25) is 9.98 Å². The van der Waals surface area contributed by atoms with Gasteiger partial charge in [-0.05, 0) is 77.9 Å². The molecule has 0 N–H and O–H groups in total. The Balaban J connectivity index is 1.22. The van der Waals surface area contributed by atoms with Crippen LogP contribution in [-0.4, -0.2) is 17.0 Å². The molecule has 5 aromatic carbocycles. The third-order valence-electron chi connectivity index (χ3n) is 9.82. The van der Waals surface area contributed by atoms with Crippen LogP contribution in [0.15, 0.2) is 148 Å². The van der Waals surface area contributed by atoms with Crippen molar-refractivity contribution in [3.8, 4) is 0 Å². The lowest BCUT2D eigenvalue weighted by Crippen LogP contribution is -2.28. The molecule has 0 spiro atoms. The van der Waals surface area contributed by atoms with Gasteiger partial charge < -0.3 is 4.57 Å². The van der Waals surface area contributed by atoms with E-state index in [2.05, 4.69) is 145 Å². The smallest absolute Gasteiger partial charge is 0.115 e. The van der Waals surface area contributed by atoms with Crippen molar-refractivity contribution in [3.63, 3.8) is 0 Å². The first-order valence-electron chi connectivity index (χ1n) is 16.8. The third-order valence-corrected chi connectivity index (χ3v) is 12.1. The van der Waals surface area contributed by atoms with Crippen LogP contribution < -0.4 is 10.6 Å². The molecular formula is C45H33N3S2. The number of hydrogen-bond acceptors (Lipinski definition) is 4. The standard InChI is InChI=1S/C45H33N3S2/c1-4-12-37-28(2)35-25-32-23-24-41-42(33-15-8-10-17-39(33)49-41)36(32)26-38(35)48(37)27-47-44-34-16-9-11-18-40(34)50-45(44)43(46-3)31-21-19-30(20-22-31)29-13-6-5-7-14-29/h4-6,8-13,15-26H,1-3,7,14,27H2/b37-12+,45-43+,47-44-. The molecule has 0 radical (unpaired) electrons. The Hall–Kier alpha value is -5.49. The molecule has 0 unspecified atom stereocenters. The highest BCUT2D eigenvalue weighted by Gasteiger charge is 2.27. The van der Waals surface area contributed by atoms with Crippen molar-refractivity contribution in [3.05, 3.63) is 160 Å². The molecule has 50 heavy (non-hydrogen) atoms. The number of aromatic nitrogens is 1. The monoisotopic (exact) mass is 679 g/mol. The van der Waals surface area contributed by atoms with Gasteiger partial charge in [-0.2, -0.15) is 0 Å². The minimum atomic E-state index is 0.413. The average molecular weight is 680 g/mol. The summed E-state index contributed by atoms with van der Waals surface area (Å²) in [6.45, 7) is 13.1. The maximum Gasteiger partial charge on any atom is 0.115 e. The maximum absolute atomic E-state index is 5.41. The van der Waals surface area contributed by atoms with Crippen LogP contribution in [0.25, 0.3) is 65.8 Å². The molecule has 3 nitrogen and oxygen atoms in total. The molecule has 2 aliphatic rings. The van der Waals surface area contributed by atoms with Crippen molar-refractivity contribution in [1.82, 2.24) is 4.57 Å². The summed E-state index contributed by atoms with van der Waals surface area (Å²) in [5, 5.41) is 8.16. The van der Waals surface area contributed by atoms with Gasteiger partial charge >= 0.3 is 0 Å². The first-order valence-corrected chi connectivity index (χ1v) is 18.4. The van der Waals surface area contributed by atoms with Gasteiger partial charge in [-0.25, -0.2) is 0 Å². The summed E-state index contributed by atoms with van der Waals surface area (Å²) in [6, 6.07) is 35.0. The molecule has 2 aromatic heterocycles. The highest BCUT2D eigenvalue weighted by atomic mass is 32.2. The number of thioether (sulfide) groups is 1. The maximum atomic E-state index is 5.41. The number of nitrogens with zero attached hydrogens (tertiary/aromatic N) is 3. The molecule has 0 atom stereocenters. The summed E-state index contributed by atoms with van der Waals surface area (Å²) < 4.78 is 4.88. The molecule has 1 aliphatic carbocycles. The van der Waals surface area contributed by atoms with E-state index >= 15 is 0 Å². The molecular weight excluding hydrogens is 647 g/mol. The Bertz CT molecular complexity index is 2800. The van der Waals surface area contributed by atoms with Gasteiger partial charge in [0.2, 0.25) is 0 Å². The second-order valence-electron chi connectivity index (χ2n) is 12.6. The predicted molar refractivity (Wildman–Crippen MR) is 220 cm³/mol. The van der Waals surface area contributed by atoms with Crippen molar-refractivity contribution in [2.24, 2.45) is 9.98 Å². The van der Waals surface area contributed by atoms with E-state index < -0.39 is 0 Å². The van der Waals surface area contributed by atoms with Crippen LogP contribution in [0.1, 0.15) is 29.5 Å². The molecule has 1 aliphatic heterocycles. The molecule has 240 valence electrons. The minimum absolute atomic E-state index is 0.413. The van der Waals surface area contributed by atoms with Crippen LogP contribution in [0.4, 0.5) is 0 Å². The van der Waals surface area contributed by atoms with Crippen molar-refractivity contribution in [2.45, 2.75) is 24.4 Å². The quantitative estimate of drug-likeness (QED) is 0.161. The first kappa shape index (κ1) is 30.6. The van der Waals surface area contributed by atoms with E-state index in [-0.39, 0.29) is 0 Å². The lowest BCUT2D eigenvalue weighted by Gasteiger charge is -2.12. The summed E-state index contributed by atoms with van der Waals surface area (Å²) in [5.74, 6) is 0. The molecule has 5 heteroatoms. The number of aliphatic imine (C=N–C) groups is 2. The lowest BCUT2D eigenvalue weighted by molar-refractivity contribution is 0.743. The lowest BCUT2D eigenvalue weighted by atomic mass is 9.96. The van der Waals surface area contributed by atoms with Gasteiger partial charge in [-0.15, -0.1) is 11.3 Å². The first-order chi connectivity index (χ1) is 24.6. The molecule has 0 bridgehead atoms. The van der Waals surface area contributed by atoms with Gasteiger partial charge in [-0.1, -0.05) is 116 Å². The van der Waals surface area contributed by atoms with E-state index in [1.165, 1.54) is 47.0 Å². The molecule has 9 rings (SSSR count). The van der Waals surface area contributed by atoms with E-state index in [1.54, 1.807) is 11.8 Å². The van der Waals surface area contributed by atoms with Gasteiger partial charge in [0.15, 0.2) is 0 Å². The fourth-order valence-electron chi connectivity index (χ4n) is 7.40. The normalized spacial score (nSPS) is 16.5. The number of fused-ring (bicyclic) bond motifs is 7. The van der Waals surface area contributed by atoms with E-state index in [9.17, 15) is 0 Å². The van der Waals surface area contributed by atoms with Crippen LogP contribution in [0.3, 0.4) is 0 Å². The zero-order chi connectivity index (χ0) is 33.8. The van der Waals surface area contributed by atoms with E-state index in [4.69, 9.17) is 4.99 Å². The van der Waals surface area contributed by atoms with E-state index in [0.717, 1.165) is 61.8 Å². The van der Waals surface area contributed by atoms with Crippen molar-refractivity contribution in [1.29, 1.82) is 0 Å². The van der Waals surface area contributed by atoms with E-state index in [0.29, 0.717) is 6.67 Å². The minimum Gasteiger partial charge on any atom is -0.320 e. The molecule has 3 heterocycles. The Kier molecular flexibility index (Phi) is 7.60. The Morgan fingerprint density at radius 1 is 0.880 bits per heavy atom. The van der Waals surface area contributed by atoms with Crippen LogP contribution in [0, 0.1) is 0 Å². The van der Waals surface area contributed by atoms with Crippen LogP contribution in [0.5, 0.6) is 0 Å². The van der Waals surface area contributed by atoms with Gasteiger partial charge in [0.05, 0.1) is 27.2 Å². The van der Waals surface area contributed by atoms with Crippen LogP contribution in [-0.2, 0) is 6.67 Å². The van der Waals surface area contributed by atoms with Crippen molar-refractivity contribution in [2.75, 3.05) is 0 Å². The van der Waals surface area contributed by atoms with Crippen LogP contribution >= 0.6 is 23.1 Å². The zero-order valence-electron chi connectivity index (χ0n) is 27.5. The summed E-state index contributed by atoms with van der Waals surface area (Å²) in [7, 11) is 0. The molecule has 0 saturated carbocycles. The second-order valence-corrected chi connectivity index (χ2v) is 14.8. The fraction of sp³-hybridized carbons (Fsp3) is 0.0667. The topological polar surface area (TPSA) is 29.6 Å². The number of rotatable bonds is 6. The number of thiophene rings is 1. The van der Waals surface area contributed by atoms with E-state index in [1.807, 2.05) is 23.5 Å². The highest BCUT2D eigenvalue weighted by Crippen LogP contribution is 2.45. The summed E-state index contributed by atoms with van der Waals surface area (Å²) in [5.41, 5.74) is 7.64. The predicted octanol–water partition coefficient (Wildman–Crippen LogP) is 10.9. The second kappa shape index (κ2) is 12.4. The average Bonchev–Trinajstić information content (AvgIpc) is 3.80. The number of benzene rings is 5. The molecule has 0 saturated heterocycles. The summed E-state index contributed by atoms with van der Waals surface area (Å²) in [4.78, 5) is 12.2. The fourth-order valence-corrected chi connectivity index (χ4v) is 9.72. The summed E-state index contributed by atoms with van der Waals surface area (Å²) in [6.07, 6.45) is 12.6. The van der Waals surface area contributed by atoms with Gasteiger partial charge in [0, 0.05) is 46.8 Å². The van der Waals surface area contributed by atoms with Gasteiger partial charge in [0.1, 0.15) is 6.67 Å². The Morgan fingerprint density at radius 3 is 2.54 bits per heavy atom. The molecule has 0 fully saturated rings. The van der Waals surface area contributed by atoms with Crippen molar-refractivity contribution < 1.29 is 0 Å². The largest absolute Gasteiger partial charge is 0.320 e. The van der Waals surface area contributed by atoms with Gasteiger partial charge in [0.25, 0.3) is 0 Å². The SMILES string of the molecule is C=C/C=c1\c(=C)c2cc3ccc4sc5ccccc5c4c3cc2n1C/N=C1\C(=C(/N=C)c2ccc(C3=CC=CCC3)cc2)Sc2ccccc21. The Labute approximate surface area is 299 Å². The summed E-state index contributed by atoms with van der Waals surface area (Å²) >= 11 is 3.56. The third kappa shape index (κ3) is 4.96. The highest BCUT2D eigenvalue weighted by molar-refractivity contribution is 8.05. The van der Waals surface area contributed by atoms with Crippen molar-refractivity contribution >= 4 is 101 Å². The Morgan fingerprint density at radius 2 is 1.72 bits per heavy atom. The molecule has 0 amide bonds. The zero-order valence-corrected chi connectivity index (χ0v) is 29.2. The van der Waals surface area contributed by atoms with Crippen LogP contribution in [0.2, 0.25) is 0 Å².